The number of hydrogen-bond acceptors (Lipinski definition) is 14. The van der Waals surface area contributed by atoms with E-state index in [1.807, 2.05) is 0 Å². The molecule has 0 atom stereocenters. The molecular weight excluding hydrogens is 638 g/mol. The summed E-state index contributed by atoms with van der Waals surface area (Å²) in [5.74, 6) is -2.50. The minimum Gasteiger partial charge on any atom is -0.350 e. The third-order valence-electron chi connectivity index (χ3n) is 5.56. The van der Waals surface area contributed by atoms with E-state index in [2.05, 4.69) is 30.9 Å². The summed E-state index contributed by atoms with van der Waals surface area (Å²) in [6, 6.07) is 7.16. The molecular formula is C22H16F2N8O10S2. The fraction of sp³-hybridized carbons (Fsp3) is 0.0455. The van der Waals surface area contributed by atoms with Crippen molar-refractivity contribution in [2.45, 2.75) is 16.7 Å². The standard InChI is InChI=1S/C22H16F2N8O10S2/c1-10-6-11(2-4-18(10)43(37,38)39)26-21-28-20(24)29-22(30-21)27-15-7-12(3-5-19(15)44(40,41)42)25-14-8-13(23)16(31(33)34)9-17(14)32(35)36/h2-9,25H,1H3,(H,37,38,39)(H,40,41,42)(H2,26,27,28,29,30). The van der Waals surface area contributed by atoms with E-state index in [9.17, 15) is 55.0 Å². The number of nitrogens with zero attached hydrogens (tertiary/aromatic N) is 5. The SMILES string of the molecule is Cc1cc(Nc2nc(F)nc(Nc3cc(Nc4cc(F)c([N+](=O)[O-])cc4[N+](=O)[O-])ccc3S(=O)(=O)O)n2)ccc1S(=O)(=O)O. The number of nitro groups is 2. The molecule has 4 rings (SSSR count). The summed E-state index contributed by atoms with van der Waals surface area (Å²) >= 11 is 0. The number of nitro benzene ring substituents is 2. The zero-order valence-electron chi connectivity index (χ0n) is 21.6. The van der Waals surface area contributed by atoms with Crippen LogP contribution in [0.25, 0.3) is 0 Å². The van der Waals surface area contributed by atoms with Crippen molar-refractivity contribution in [3.63, 3.8) is 0 Å². The first-order valence-corrected chi connectivity index (χ1v) is 14.3. The first-order chi connectivity index (χ1) is 20.4. The van der Waals surface area contributed by atoms with E-state index in [0.29, 0.717) is 12.1 Å². The van der Waals surface area contributed by atoms with Crippen molar-refractivity contribution in [2.24, 2.45) is 0 Å². The summed E-state index contributed by atoms with van der Waals surface area (Å²) in [5.41, 5.74) is -3.05. The summed E-state index contributed by atoms with van der Waals surface area (Å²) in [7, 11) is -9.48. The molecule has 18 nitrogen and oxygen atoms in total. The number of hydrogen-bond donors (Lipinski definition) is 5. The highest BCUT2D eigenvalue weighted by molar-refractivity contribution is 7.86. The largest absolute Gasteiger partial charge is 0.350 e. The molecule has 0 aliphatic rings. The molecule has 0 saturated carbocycles. The van der Waals surface area contributed by atoms with Crippen LogP contribution in [-0.4, -0.2) is 50.7 Å². The number of anilines is 6. The highest BCUT2D eigenvalue weighted by Gasteiger charge is 2.26. The molecule has 5 N–H and O–H groups in total. The second kappa shape index (κ2) is 11.7. The molecule has 3 aromatic carbocycles. The van der Waals surface area contributed by atoms with Gasteiger partial charge in [-0.25, -0.2) is 0 Å². The van der Waals surface area contributed by atoms with Gasteiger partial charge in [0.2, 0.25) is 17.7 Å². The quantitative estimate of drug-likeness (QED) is 0.0918. The van der Waals surface area contributed by atoms with Gasteiger partial charge in [-0.05, 0) is 48.9 Å². The van der Waals surface area contributed by atoms with E-state index in [1.54, 1.807) is 0 Å². The Morgan fingerprint density at radius 2 is 1.25 bits per heavy atom. The Morgan fingerprint density at radius 3 is 1.80 bits per heavy atom. The highest BCUT2D eigenvalue weighted by atomic mass is 32.2. The van der Waals surface area contributed by atoms with Gasteiger partial charge in [-0.3, -0.25) is 29.3 Å². The molecule has 0 saturated heterocycles. The maximum atomic E-state index is 14.3. The lowest BCUT2D eigenvalue weighted by molar-refractivity contribution is -0.395. The average Bonchev–Trinajstić information content (AvgIpc) is 2.86. The lowest BCUT2D eigenvalue weighted by Gasteiger charge is -2.14. The van der Waals surface area contributed by atoms with Gasteiger partial charge in [-0.1, -0.05) is 0 Å². The van der Waals surface area contributed by atoms with Crippen molar-refractivity contribution in [1.29, 1.82) is 0 Å². The van der Waals surface area contributed by atoms with E-state index in [4.69, 9.17) is 0 Å². The van der Waals surface area contributed by atoms with Gasteiger partial charge in [0.05, 0.1) is 26.5 Å². The van der Waals surface area contributed by atoms with Gasteiger partial charge in [-0.2, -0.15) is 40.6 Å². The molecule has 4 aromatic rings. The summed E-state index contributed by atoms with van der Waals surface area (Å²) in [4.78, 5) is 29.8. The molecule has 0 unspecified atom stereocenters. The molecule has 1 heterocycles. The summed E-state index contributed by atoms with van der Waals surface area (Å²) in [6.45, 7) is 1.37. The monoisotopic (exact) mass is 654 g/mol. The van der Waals surface area contributed by atoms with Gasteiger partial charge >= 0.3 is 11.8 Å². The minimum atomic E-state index is -4.96. The molecule has 0 spiro atoms. The third kappa shape index (κ3) is 7.12. The lowest BCUT2D eigenvalue weighted by Crippen LogP contribution is -2.09. The van der Waals surface area contributed by atoms with Gasteiger partial charge in [0.25, 0.3) is 25.9 Å². The molecule has 0 radical (unpaired) electrons. The van der Waals surface area contributed by atoms with Crippen molar-refractivity contribution in [1.82, 2.24) is 15.0 Å². The van der Waals surface area contributed by atoms with Crippen LogP contribution >= 0.6 is 0 Å². The van der Waals surface area contributed by atoms with Crippen LogP contribution in [-0.2, 0) is 20.2 Å². The molecule has 44 heavy (non-hydrogen) atoms. The van der Waals surface area contributed by atoms with Gasteiger partial charge < -0.3 is 16.0 Å². The number of halogens is 2. The highest BCUT2D eigenvalue weighted by Crippen LogP contribution is 2.35. The van der Waals surface area contributed by atoms with E-state index in [1.165, 1.54) is 19.1 Å². The van der Waals surface area contributed by atoms with E-state index < -0.39 is 81.5 Å². The van der Waals surface area contributed by atoms with E-state index in [0.717, 1.165) is 24.3 Å². The predicted octanol–water partition coefficient (Wildman–Crippen LogP) is 4.00. The average molecular weight is 655 g/mol. The first-order valence-electron chi connectivity index (χ1n) is 11.5. The number of rotatable bonds is 10. The van der Waals surface area contributed by atoms with Crippen LogP contribution in [0.1, 0.15) is 5.56 Å². The van der Waals surface area contributed by atoms with Crippen LogP contribution in [0.3, 0.4) is 0 Å². The van der Waals surface area contributed by atoms with Crippen molar-refractivity contribution in [3.8, 4) is 0 Å². The number of aromatic nitrogens is 3. The Balaban J connectivity index is 1.70. The zero-order valence-corrected chi connectivity index (χ0v) is 23.2. The fourth-order valence-electron chi connectivity index (χ4n) is 3.76. The van der Waals surface area contributed by atoms with Gasteiger partial charge in [-0.15, -0.1) is 0 Å². The molecule has 0 aliphatic heterocycles. The van der Waals surface area contributed by atoms with E-state index >= 15 is 0 Å². The van der Waals surface area contributed by atoms with Crippen LogP contribution < -0.4 is 16.0 Å². The second-order valence-corrected chi connectivity index (χ2v) is 11.4. The molecule has 0 bridgehead atoms. The number of aryl methyl sites for hydroxylation is 1. The lowest BCUT2D eigenvalue weighted by atomic mass is 10.2. The van der Waals surface area contributed by atoms with Crippen molar-refractivity contribution < 1.29 is 44.6 Å². The molecule has 1 aromatic heterocycles. The van der Waals surface area contributed by atoms with Gasteiger partial charge in [0, 0.05) is 17.4 Å². The van der Waals surface area contributed by atoms with Gasteiger partial charge in [0.15, 0.2) is 0 Å². The zero-order chi connectivity index (χ0) is 32.6. The Bertz CT molecular complexity index is 2060. The van der Waals surface area contributed by atoms with Crippen molar-refractivity contribution in [2.75, 3.05) is 16.0 Å². The predicted molar refractivity (Wildman–Crippen MR) is 147 cm³/mol. The summed E-state index contributed by atoms with van der Waals surface area (Å²) in [5, 5.41) is 29.8. The van der Waals surface area contributed by atoms with Crippen LogP contribution in [0.5, 0.6) is 0 Å². The fourth-order valence-corrected chi connectivity index (χ4v) is 5.09. The Morgan fingerprint density at radius 1 is 0.705 bits per heavy atom. The Hall–Kier alpha value is -5.45. The van der Waals surface area contributed by atoms with Crippen molar-refractivity contribution in [3.05, 3.63) is 86.2 Å². The molecule has 22 heteroatoms. The minimum absolute atomic E-state index is 0.112. The molecule has 0 amide bonds. The normalized spacial score (nSPS) is 11.6. The molecule has 0 aliphatic carbocycles. The van der Waals surface area contributed by atoms with Crippen LogP contribution in [0, 0.1) is 39.0 Å². The van der Waals surface area contributed by atoms with E-state index in [-0.39, 0.29) is 21.8 Å². The molecule has 230 valence electrons. The topological polar surface area (TPSA) is 270 Å². The summed E-state index contributed by atoms with van der Waals surface area (Å²) < 4.78 is 94.3. The third-order valence-corrected chi connectivity index (χ3v) is 7.48. The molecule has 0 fully saturated rings. The first kappa shape index (κ1) is 31.5. The van der Waals surface area contributed by atoms with Crippen molar-refractivity contribution >= 4 is 66.3 Å². The smallest absolute Gasteiger partial charge is 0.315 e. The number of nitrogens with one attached hydrogen (secondary N) is 3. The van der Waals surface area contributed by atoms with Crippen LogP contribution in [0.15, 0.2) is 58.3 Å². The van der Waals surface area contributed by atoms with Crippen LogP contribution in [0.4, 0.5) is 54.8 Å². The van der Waals surface area contributed by atoms with Gasteiger partial charge in [0.1, 0.15) is 10.6 Å². The maximum Gasteiger partial charge on any atom is 0.315 e. The summed E-state index contributed by atoms with van der Waals surface area (Å²) in [6.07, 6.45) is -1.38. The maximum absolute atomic E-state index is 14.3. The second-order valence-electron chi connectivity index (χ2n) is 8.60. The van der Waals surface area contributed by atoms with Crippen LogP contribution in [0.2, 0.25) is 0 Å². The Labute approximate surface area is 244 Å². The number of benzene rings is 3. The Kier molecular flexibility index (Phi) is 8.35.